The van der Waals surface area contributed by atoms with Crippen molar-refractivity contribution >= 4 is 33.4 Å². The van der Waals surface area contributed by atoms with E-state index in [2.05, 4.69) is 54.6 Å². The van der Waals surface area contributed by atoms with E-state index in [1.165, 1.54) is 0 Å². The van der Waals surface area contributed by atoms with Gasteiger partial charge >= 0.3 is 0 Å². The van der Waals surface area contributed by atoms with Crippen molar-refractivity contribution < 1.29 is 9.47 Å². The number of rotatable bonds is 8. The fourth-order valence-corrected chi connectivity index (χ4v) is 4.33. The van der Waals surface area contributed by atoms with Gasteiger partial charge in [-0.2, -0.15) is 5.21 Å². The van der Waals surface area contributed by atoms with Gasteiger partial charge in [0.15, 0.2) is 6.61 Å². The van der Waals surface area contributed by atoms with E-state index in [0.717, 1.165) is 44.6 Å². The van der Waals surface area contributed by atoms with Crippen LogP contribution < -0.4 is 9.47 Å². The molecule has 0 aliphatic carbocycles. The van der Waals surface area contributed by atoms with Crippen LogP contribution in [0.15, 0.2) is 85.1 Å². The number of aromatic nitrogens is 6. The second-order valence-corrected chi connectivity index (χ2v) is 8.77. The van der Waals surface area contributed by atoms with E-state index in [1.807, 2.05) is 60.7 Å². The zero-order chi connectivity index (χ0) is 24.3. The van der Waals surface area contributed by atoms with E-state index in [9.17, 15) is 0 Å². The van der Waals surface area contributed by atoms with E-state index < -0.39 is 0 Å². The van der Waals surface area contributed by atoms with Crippen molar-refractivity contribution in [1.82, 2.24) is 30.2 Å². The molecule has 9 heteroatoms. The highest BCUT2D eigenvalue weighted by atomic mass is 35.5. The quantitative estimate of drug-likeness (QED) is 0.296. The van der Waals surface area contributed by atoms with Crippen molar-refractivity contribution in [2.24, 2.45) is 0 Å². The fourth-order valence-electron chi connectivity index (χ4n) is 4.16. The van der Waals surface area contributed by atoms with Crippen LogP contribution in [0.3, 0.4) is 0 Å². The van der Waals surface area contributed by atoms with Crippen molar-refractivity contribution in [1.29, 1.82) is 0 Å². The molecule has 0 aliphatic heterocycles. The van der Waals surface area contributed by atoms with Gasteiger partial charge in [0.1, 0.15) is 18.1 Å². The predicted octanol–water partition coefficient (Wildman–Crippen LogP) is 5.56. The normalized spacial score (nSPS) is 11.2. The third-order valence-electron chi connectivity index (χ3n) is 5.85. The number of aromatic amines is 1. The van der Waals surface area contributed by atoms with Crippen LogP contribution in [0.5, 0.6) is 11.5 Å². The smallest absolute Gasteiger partial charge is 0.211 e. The molecule has 0 unspecified atom stereocenters. The van der Waals surface area contributed by atoms with Gasteiger partial charge in [0, 0.05) is 28.5 Å². The fraction of sp³-hybridized carbons (Fsp3) is 0.111. The molecule has 0 radical (unpaired) electrons. The number of nitrogens with zero attached hydrogens (tertiary/aromatic N) is 5. The van der Waals surface area contributed by atoms with E-state index >= 15 is 0 Å². The summed E-state index contributed by atoms with van der Waals surface area (Å²) in [5, 5.41) is 16.7. The Kier molecular flexibility index (Phi) is 5.93. The minimum atomic E-state index is 0.235. The summed E-state index contributed by atoms with van der Waals surface area (Å²) in [5.41, 5.74) is 3.81. The molecule has 0 amide bonds. The van der Waals surface area contributed by atoms with Gasteiger partial charge in [0.25, 0.3) is 0 Å². The van der Waals surface area contributed by atoms with E-state index in [4.69, 9.17) is 21.1 Å². The highest BCUT2D eigenvalue weighted by Crippen LogP contribution is 2.28. The van der Waals surface area contributed by atoms with Crippen molar-refractivity contribution in [3.8, 4) is 11.5 Å². The molecule has 0 fully saturated rings. The lowest BCUT2D eigenvalue weighted by molar-refractivity contribution is 0.298. The van der Waals surface area contributed by atoms with Gasteiger partial charge < -0.3 is 14.0 Å². The van der Waals surface area contributed by atoms with E-state index in [-0.39, 0.29) is 6.61 Å². The number of nitrogens with one attached hydrogen (secondary N) is 1. The molecule has 6 aromatic rings. The van der Waals surface area contributed by atoms with Crippen LogP contribution in [-0.4, -0.2) is 30.2 Å². The molecule has 178 valence electrons. The molecule has 3 heterocycles. The van der Waals surface area contributed by atoms with Gasteiger partial charge in [-0.3, -0.25) is 0 Å². The first kappa shape index (κ1) is 22.1. The largest absolute Gasteiger partial charge is 0.487 e. The molecule has 36 heavy (non-hydrogen) atoms. The SMILES string of the molecule is Clc1ccc2ccc(COc3cccc(Cn4ccc5cccc(OCc6nn[nH]n6)c54)c3)nc2c1. The molecule has 3 aromatic heterocycles. The molecular formula is C27H21ClN6O2. The molecule has 0 bridgehead atoms. The number of hydrogen-bond donors (Lipinski definition) is 1. The lowest BCUT2D eigenvalue weighted by atomic mass is 10.2. The lowest BCUT2D eigenvalue weighted by Gasteiger charge is -2.12. The Balaban J connectivity index is 1.18. The maximum atomic E-state index is 6.12. The van der Waals surface area contributed by atoms with Crippen LogP contribution in [0.2, 0.25) is 5.02 Å². The second kappa shape index (κ2) is 9.67. The second-order valence-electron chi connectivity index (χ2n) is 8.33. The van der Waals surface area contributed by atoms with Crippen LogP contribution in [0.1, 0.15) is 17.1 Å². The number of pyridine rings is 1. The van der Waals surface area contributed by atoms with Crippen molar-refractivity contribution in [3.05, 3.63) is 107 Å². The minimum Gasteiger partial charge on any atom is -0.487 e. The number of para-hydroxylation sites is 1. The van der Waals surface area contributed by atoms with Gasteiger partial charge in [-0.05, 0) is 48.0 Å². The summed E-state index contributed by atoms with van der Waals surface area (Å²) >= 11 is 6.12. The topological polar surface area (TPSA) is 90.7 Å². The molecule has 1 N–H and O–H groups in total. The standard InChI is InChI=1S/C27H21ClN6O2/c28-21-9-7-19-8-10-22(29-24(19)14-21)16-35-23-5-1-3-18(13-23)15-34-12-11-20-4-2-6-25(27(20)34)36-17-26-30-32-33-31-26/h1-14H,15-17H2,(H,30,31,32,33). The maximum Gasteiger partial charge on any atom is 0.211 e. The summed E-state index contributed by atoms with van der Waals surface area (Å²) in [7, 11) is 0. The van der Waals surface area contributed by atoms with Crippen LogP contribution >= 0.6 is 11.6 Å². The molecule has 0 aliphatic rings. The Labute approximate surface area is 211 Å². The summed E-state index contributed by atoms with van der Waals surface area (Å²) in [6.45, 7) is 1.27. The number of ether oxygens (including phenoxy) is 2. The molecule has 0 saturated heterocycles. The number of fused-ring (bicyclic) bond motifs is 2. The van der Waals surface area contributed by atoms with Gasteiger partial charge in [-0.15, -0.1) is 10.2 Å². The summed E-state index contributed by atoms with van der Waals surface area (Å²) in [6, 6.07) is 25.8. The summed E-state index contributed by atoms with van der Waals surface area (Å²) in [4.78, 5) is 4.67. The zero-order valence-corrected chi connectivity index (χ0v) is 19.9. The molecule has 0 spiro atoms. The van der Waals surface area contributed by atoms with E-state index in [1.54, 1.807) is 0 Å². The first-order valence-corrected chi connectivity index (χ1v) is 11.8. The third kappa shape index (κ3) is 4.71. The Morgan fingerprint density at radius 1 is 0.861 bits per heavy atom. The van der Waals surface area contributed by atoms with Crippen LogP contribution in [0.25, 0.3) is 21.8 Å². The molecule has 0 saturated carbocycles. The zero-order valence-electron chi connectivity index (χ0n) is 19.1. The Hall–Kier alpha value is -4.43. The molecule has 3 aromatic carbocycles. The first-order chi connectivity index (χ1) is 17.7. The summed E-state index contributed by atoms with van der Waals surface area (Å²) in [6.07, 6.45) is 2.06. The minimum absolute atomic E-state index is 0.235. The number of halogens is 1. The van der Waals surface area contributed by atoms with Crippen molar-refractivity contribution in [2.75, 3.05) is 0 Å². The average Bonchev–Trinajstić information content (AvgIpc) is 3.57. The van der Waals surface area contributed by atoms with Crippen LogP contribution in [-0.2, 0) is 19.8 Å². The van der Waals surface area contributed by atoms with Crippen LogP contribution in [0, 0.1) is 0 Å². The highest BCUT2D eigenvalue weighted by molar-refractivity contribution is 6.31. The highest BCUT2D eigenvalue weighted by Gasteiger charge is 2.10. The number of H-pyrrole nitrogens is 1. The Bertz CT molecular complexity index is 1650. The monoisotopic (exact) mass is 496 g/mol. The van der Waals surface area contributed by atoms with Gasteiger partial charge in [0.2, 0.25) is 5.82 Å². The average molecular weight is 497 g/mol. The molecular weight excluding hydrogens is 476 g/mol. The maximum absolute atomic E-state index is 6.12. The third-order valence-corrected chi connectivity index (χ3v) is 6.08. The van der Waals surface area contributed by atoms with Gasteiger partial charge in [0.05, 0.1) is 16.7 Å². The Morgan fingerprint density at radius 2 is 1.78 bits per heavy atom. The predicted molar refractivity (Wildman–Crippen MR) is 137 cm³/mol. The number of hydrogen-bond acceptors (Lipinski definition) is 6. The van der Waals surface area contributed by atoms with Gasteiger partial charge in [-0.1, -0.05) is 53.2 Å². The number of benzene rings is 3. The summed E-state index contributed by atoms with van der Waals surface area (Å²) < 4.78 is 14.2. The van der Waals surface area contributed by atoms with Crippen molar-refractivity contribution in [2.45, 2.75) is 19.8 Å². The molecule has 0 atom stereocenters. The molecule has 6 rings (SSSR count). The lowest BCUT2D eigenvalue weighted by Crippen LogP contribution is -2.03. The van der Waals surface area contributed by atoms with Gasteiger partial charge in [-0.25, -0.2) is 4.98 Å². The van der Waals surface area contributed by atoms with Crippen LogP contribution in [0.4, 0.5) is 0 Å². The molecule has 8 nitrogen and oxygen atoms in total. The first-order valence-electron chi connectivity index (χ1n) is 11.4. The summed E-state index contributed by atoms with van der Waals surface area (Å²) in [5.74, 6) is 2.04. The van der Waals surface area contributed by atoms with E-state index in [0.29, 0.717) is 24.0 Å². The Morgan fingerprint density at radius 3 is 2.69 bits per heavy atom. The number of tetrazole rings is 1. The van der Waals surface area contributed by atoms with Crippen molar-refractivity contribution in [3.63, 3.8) is 0 Å².